The SMILES string of the molecule is CC(NC(=O)CN1CCC(C)(C(=O)O)C1)c1ccc(OC(F)(F)F)cc1. The first-order valence-corrected chi connectivity index (χ1v) is 8.09. The summed E-state index contributed by atoms with van der Waals surface area (Å²) in [6, 6.07) is 4.86. The van der Waals surface area contributed by atoms with Crippen molar-refractivity contribution in [2.75, 3.05) is 19.6 Å². The minimum Gasteiger partial charge on any atom is -0.481 e. The van der Waals surface area contributed by atoms with E-state index in [4.69, 9.17) is 0 Å². The summed E-state index contributed by atoms with van der Waals surface area (Å²) >= 11 is 0. The average Bonchev–Trinajstić information content (AvgIpc) is 2.88. The number of likely N-dealkylation sites (tertiary alicyclic amines) is 1. The Labute approximate surface area is 148 Å². The molecule has 6 nitrogen and oxygen atoms in total. The lowest BCUT2D eigenvalue weighted by Gasteiger charge is -2.21. The second-order valence-electron chi connectivity index (χ2n) is 6.73. The largest absolute Gasteiger partial charge is 0.573 e. The minimum absolute atomic E-state index is 0.0719. The summed E-state index contributed by atoms with van der Waals surface area (Å²) in [6.07, 6.45) is -4.27. The number of carboxylic acids is 1. The van der Waals surface area contributed by atoms with Gasteiger partial charge in [0.2, 0.25) is 5.91 Å². The Bertz CT molecular complexity index is 663. The van der Waals surface area contributed by atoms with Gasteiger partial charge in [-0.25, -0.2) is 0 Å². The van der Waals surface area contributed by atoms with Crippen LogP contribution in [0.2, 0.25) is 0 Å². The lowest BCUT2D eigenvalue weighted by molar-refractivity contribution is -0.274. The monoisotopic (exact) mass is 374 g/mol. The second-order valence-corrected chi connectivity index (χ2v) is 6.73. The fraction of sp³-hybridized carbons (Fsp3) is 0.529. The van der Waals surface area contributed by atoms with Crippen molar-refractivity contribution in [3.8, 4) is 5.75 Å². The van der Waals surface area contributed by atoms with Crippen LogP contribution in [0.1, 0.15) is 31.9 Å². The third-order valence-electron chi connectivity index (χ3n) is 4.43. The molecule has 0 aliphatic carbocycles. The molecule has 1 aromatic rings. The number of carbonyl (C=O) groups is 2. The Balaban J connectivity index is 1.86. The minimum atomic E-state index is -4.75. The standard InChI is InChI=1S/C17H21F3N2O4/c1-11(12-3-5-13(6-4-12)26-17(18,19)20)21-14(23)9-22-8-7-16(2,10-22)15(24)25/h3-6,11H,7-10H2,1-2H3,(H,21,23)(H,24,25). The van der Waals surface area contributed by atoms with Crippen LogP contribution in [0.5, 0.6) is 5.75 Å². The molecule has 1 fully saturated rings. The number of amides is 1. The number of halogens is 3. The van der Waals surface area contributed by atoms with E-state index in [-0.39, 0.29) is 18.2 Å². The lowest BCUT2D eigenvalue weighted by Crippen LogP contribution is -2.39. The van der Waals surface area contributed by atoms with E-state index in [0.29, 0.717) is 25.1 Å². The molecule has 0 spiro atoms. The van der Waals surface area contributed by atoms with E-state index in [1.54, 1.807) is 18.7 Å². The van der Waals surface area contributed by atoms with Crippen molar-refractivity contribution in [1.29, 1.82) is 0 Å². The predicted molar refractivity (Wildman–Crippen MR) is 86.5 cm³/mol. The highest BCUT2D eigenvalue weighted by atomic mass is 19.4. The molecule has 9 heteroatoms. The molecular formula is C17H21F3N2O4. The smallest absolute Gasteiger partial charge is 0.481 e. The van der Waals surface area contributed by atoms with Gasteiger partial charge in [-0.2, -0.15) is 0 Å². The Morgan fingerprint density at radius 1 is 1.35 bits per heavy atom. The van der Waals surface area contributed by atoms with Crippen molar-refractivity contribution in [2.45, 2.75) is 32.7 Å². The van der Waals surface area contributed by atoms with Crippen molar-refractivity contribution in [3.05, 3.63) is 29.8 Å². The second kappa shape index (κ2) is 7.53. The molecule has 0 radical (unpaired) electrons. The molecule has 2 atom stereocenters. The van der Waals surface area contributed by atoms with E-state index >= 15 is 0 Å². The quantitative estimate of drug-likeness (QED) is 0.800. The van der Waals surface area contributed by atoms with E-state index in [9.17, 15) is 27.9 Å². The Morgan fingerprint density at radius 2 is 1.96 bits per heavy atom. The number of carbonyl (C=O) groups excluding carboxylic acids is 1. The van der Waals surface area contributed by atoms with Crippen molar-refractivity contribution >= 4 is 11.9 Å². The molecule has 0 aromatic heterocycles. The predicted octanol–water partition coefficient (Wildman–Crippen LogP) is 2.56. The van der Waals surface area contributed by atoms with Crippen LogP contribution in [0.25, 0.3) is 0 Å². The van der Waals surface area contributed by atoms with Gasteiger partial charge in [0.05, 0.1) is 18.0 Å². The van der Waals surface area contributed by atoms with Gasteiger partial charge < -0.3 is 15.2 Å². The van der Waals surface area contributed by atoms with Gasteiger partial charge in [0.25, 0.3) is 0 Å². The summed E-state index contributed by atoms with van der Waals surface area (Å²) in [5, 5.41) is 12.0. The molecule has 1 amide bonds. The van der Waals surface area contributed by atoms with Gasteiger partial charge in [-0.15, -0.1) is 13.2 Å². The molecule has 1 aliphatic heterocycles. The van der Waals surface area contributed by atoms with Crippen molar-refractivity contribution < 1.29 is 32.6 Å². The number of benzene rings is 1. The molecule has 2 unspecified atom stereocenters. The highest BCUT2D eigenvalue weighted by Crippen LogP contribution is 2.30. The molecule has 1 heterocycles. The van der Waals surface area contributed by atoms with E-state index in [1.807, 2.05) is 0 Å². The van der Waals surface area contributed by atoms with Gasteiger partial charge in [0.1, 0.15) is 5.75 Å². The third kappa shape index (κ3) is 5.35. The van der Waals surface area contributed by atoms with Crippen molar-refractivity contribution in [1.82, 2.24) is 10.2 Å². The van der Waals surface area contributed by atoms with Crippen LogP contribution in [0.4, 0.5) is 13.2 Å². The topological polar surface area (TPSA) is 78.9 Å². The molecule has 144 valence electrons. The summed E-state index contributed by atoms with van der Waals surface area (Å²) < 4.78 is 40.3. The molecule has 1 saturated heterocycles. The Kier molecular flexibility index (Phi) is 5.80. The first-order chi connectivity index (χ1) is 12.0. The Morgan fingerprint density at radius 3 is 2.46 bits per heavy atom. The maximum Gasteiger partial charge on any atom is 0.573 e. The molecular weight excluding hydrogens is 353 g/mol. The van der Waals surface area contributed by atoms with E-state index in [0.717, 1.165) is 0 Å². The zero-order valence-corrected chi connectivity index (χ0v) is 14.5. The molecule has 0 bridgehead atoms. The number of hydrogen-bond acceptors (Lipinski definition) is 4. The average molecular weight is 374 g/mol. The maximum atomic E-state index is 12.2. The molecule has 1 aliphatic rings. The van der Waals surface area contributed by atoms with Crippen molar-refractivity contribution in [2.24, 2.45) is 5.41 Å². The van der Waals surface area contributed by atoms with Crippen molar-refractivity contribution in [3.63, 3.8) is 0 Å². The van der Waals surface area contributed by atoms with Gasteiger partial charge >= 0.3 is 12.3 Å². The number of nitrogens with one attached hydrogen (secondary N) is 1. The highest BCUT2D eigenvalue weighted by molar-refractivity contribution is 5.79. The molecule has 1 aromatic carbocycles. The number of ether oxygens (including phenoxy) is 1. The number of nitrogens with zero attached hydrogens (tertiary/aromatic N) is 1. The van der Waals surface area contributed by atoms with Gasteiger partial charge in [-0.1, -0.05) is 12.1 Å². The van der Waals surface area contributed by atoms with Crippen LogP contribution in [0.3, 0.4) is 0 Å². The van der Waals surface area contributed by atoms with Gasteiger partial charge in [0.15, 0.2) is 0 Å². The number of hydrogen-bond donors (Lipinski definition) is 2. The third-order valence-corrected chi connectivity index (χ3v) is 4.43. The lowest BCUT2D eigenvalue weighted by atomic mass is 9.90. The zero-order chi connectivity index (χ0) is 19.5. The molecule has 2 rings (SSSR count). The van der Waals surface area contributed by atoms with Crippen LogP contribution >= 0.6 is 0 Å². The van der Waals surface area contributed by atoms with E-state index in [2.05, 4.69) is 10.1 Å². The first-order valence-electron chi connectivity index (χ1n) is 8.09. The Hall–Kier alpha value is -2.29. The van der Waals surface area contributed by atoms with Gasteiger partial charge in [-0.3, -0.25) is 14.5 Å². The summed E-state index contributed by atoms with van der Waals surface area (Å²) in [6.45, 7) is 4.26. The highest BCUT2D eigenvalue weighted by Gasteiger charge is 2.40. The molecule has 2 N–H and O–H groups in total. The van der Waals surface area contributed by atoms with Crippen LogP contribution < -0.4 is 10.1 Å². The van der Waals surface area contributed by atoms with Gasteiger partial charge in [-0.05, 0) is 44.5 Å². The fourth-order valence-electron chi connectivity index (χ4n) is 2.90. The number of alkyl halides is 3. The fourth-order valence-corrected chi connectivity index (χ4v) is 2.90. The summed E-state index contributed by atoms with van der Waals surface area (Å²) in [7, 11) is 0. The van der Waals surface area contributed by atoms with E-state index < -0.39 is 23.8 Å². The van der Waals surface area contributed by atoms with Crippen LogP contribution in [-0.4, -0.2) is 47.9 Å². The van der Waals surface area contributed by atoms with Crippen LogP contribution in [-0.2, 0) is 9.59 Å². The number of aliphatic carboxylic acids is 1. The van der Waals surface area contributed by atoms with E-state index in [1.165, 1.54) is 24.3 Å². The molecule has 0 saturated carbocycles. The van der Waals surface area contributed by atoms with Crippen LogP contribution in [0.15, 0.2) is 24.3 Å². The summed E-state index contributed by atoms with van der Waals surface area (Å²) in [5.41, 5.74) is -0.218. The number of rotatable bonds is 6. The zero-order valence-electron chi connectivity index (χ0n) is 14.5. The maximum absolute atomic E-state index is 12.2. The van der Waals surface area contributed by atoms with Crippen LogP contribution in [0, 0.1) is 5.41 Å². The number of carboxylic acid groups (broad SMARTS) is 1. The van der Waals surface area contributed by atoms with Gasteiger partial charge in [0, 0.05) is 6.54 Å². The molecule has 26 heavy (non-hydrogen) atoms. The summed E-state index contributed by atoms with van der Waals surface area (Å²) in [5.74, 6) is -1.48. The first kappa shape index (κ1) is 20.0. The normalized spacial score (nSPS) is 22.0. The summed E-state index contributed by atoms with van der Waals surface area (Å²) in [4.78, 5) is 25.1.